The number of carbonyl (C=O) groups excluding carboxylic acids is 1. The summed E-state index contributed by atoms with van der Waals surface area (Å²) in [4.78, 5) is 15.4. The third-order valence-electron chi connectivity index (χ3n) is 1.25. The Morgan fingerprint density at radius 2 is 2.70 bits per heavy atom. The molecule has 1 saturated heterocycles. The molecule has 1 aliphatic rings. The van der Waals surface area contributed by atoms with Gasteiger partial charge in [-0.15, -0.1) is 6.58 Å². The number of carbonyl (C=O) groups is 1. The van der Waals surface area contributed by atoms with Gasteiger partial charge in [0, 0.05) is 0 Å². The minimum absolute atomic E-state index is 0.208. The van der Waals surface area contributed by atoms with Crippen LogP contribution in [0.5, 0.6) is 0 Å². The first-order chi connectivity index (χ1) is 4.75. The SMILES string of the molecule is C=CCON1CC1C(N)=O. The van der Waals surface area contributed by atoms with E-state index in [9.17, 15) is 4.79 Å². The van der Waals surface area contributed by atoms with Crippen LogP contribution in [-0.2, 0) is 9.63 Å². The maximum Gasteiger partial charge on any atom is 0.238 e. The molecule has 1 fully saturated rings. The lowest BCUT2D eigenvalue weighted by Crippen LogP contribution is -2.21. The van der Waals surface area contributed by atoms with E-state index in [1.54, 1.807) is 6.08 Å². The molecular formula is C6H10N2O2. The largest absolute Gasteiger partial charge is 0.368 e. The van der Waals surface area contributed by atoms with Gasteiger partial charge in [-0.2, -0.15) is 5.06 Å². The lowest BCUT2D eigenvalue weighted by molar-refractivity contribution is -0.124. The Balaban J connectivity index is 2.13. The number of nitrogens with two attached hydrogens (primary N) is 1. The molecule has 0 saturated carbocycles. The highest BCUT2D eigenvalue weighted by Crippen LogP contribution is 2.16. The molecule has 2 N–H and O–H groups in total. The molecule has 4 nitrogen and oxygen atoms in total. The average molecular weight is 142 g/mol. The zero-order chi connectivity index (χ0) is 7.56. The van der Waals surface area contributed by atoms with Crippen molar-refractivity contribution in [2.75, 3.05) is 13.2 Å². The van der Waals surface area contributed by atoms with Crippen LogP contribution in [0, 0.1) is 0 Å². The van der Waals surface area contributed by atoms with Crippen molar-refractivity contribution in [2.24, 2.45) is 5.73 Å². The van der Waals surface area contributed by atoms with E-state index in [0.717, 1.165) is 0 Å². The van der Waals surface area contributed by atoms with Crippen LogP contribution < -0.4 is 5.73 Å². The summed E-state index contributed by atoms with van der Waals surface area (Å²) in [6.07, 6.45) is 1.62. The molecule has 56 valence electrons. The fraction of sp³-hybridized carbons (Fsp3) is 0.500. The van der Waals surface area contributed by atoms with Crippen LogP contribution in [-0.4, -0.2) is 30.2 Å². The van der Waals surface area contributed by atoms with Gasteiger partial charge in [0.2, 0.25) is 5.91 Å². The van der Waals surface area contributed by atoms with Crippen molar-refractivity contribution in [3.05, 3.63) is 12.7 Å². The molecule has 0 aromatic rings. The molecule has 0 radical (unpaired) electrons. The highest BCUT2D eigenvalue weighted by Gasteiger charge is 2.40. The summed E-state index contributed by atoms with van der Waals surface area (Å²) in [7, 11) is 0. The summed E-state index contributed by atoms with van der Waals surface area (Å²) < 4.78 is 0. The topological polar surface area (TPSA) is 55.3 Å². The Bertz CT molecular complexity index is 158. The molecule has 4 heteroatoms. The van der Waals surface area contributed by atoms with E-state index < -0.39 is 0 Å². The quantitative estimate of drug-likeness (QED) is 0.416. The van der Waals surface area contributed by atoms with Gasteiger partial charge in [0.05, 0.1) is 13.2 Å². The second-order valence-electron chi connectivity index (χ2n) is 2.10. The molecule has 1 heterocycles. The summed E-state index contributed by atoms with van der Waals surface area (Å²) >= 11 is 0. The third-order valence-corrected chi connectivity index (χ3v) is 1.25. The Hall–Kier alpha value is -0.870. The Morgan fingerprint density at radius 3 is 3.10 bits per heavy atom. The molecule has 0 aromatic heterocycles. The number of hydroxylamine groups is 2. The van der Waals surface area contributed by atoms with Gasteiger partial charge in [-0.05, 0) is 0 Å². The number of rotatable bonds is 4. The van der Waals surface area contributed by atoms with E-state index in [4.69, 9.17) is 10.6 Å². The monoisotopic (exact) mass is 142 g/mol. The van der Waals surface area contributed by atoms with Gasteiger partial charge >= 0.3 is 0 Å². The lowest BCUT2D eigenvalue weighted by atomic mass is 10.5. The van der Waals surface area contributed by atoms with Crippen LogP contribution in [0.1, 0.15) is 0 Å². The summed E-state index contributed by atoms with van der Waals surface area (Å²) in [5.74, 6) is -0.330. The van der Waals surface area contributed by atoms with E-state index >= 15 is 0 Å². The van der Waals surface area contributed by atoms with Crippen molar-refractivity contribution < 1.29 is 9.63 Å². The number of hydrogen-bond donors (Lipinski definition) is 1. The normalized spacial score (nSPS) is 29.6. The second kappa shape index (κ2) is 2.81. The van der Waals surface area contributed by atoms with Gasteiger partial charge in [0.1, 0.15) is 6.04 Å². The second-order valence-corrected chi connectivity index (χ2v) is 2.10. The maximum absolute atomic E-state index is 10.4. The summed E-state index contributed by atoms with van der Waals surface area (Å²) in [6, 6.07) is -0.208. The van der Waals surface area contributed by atoms with Gasteiger partial charge in [0.25, 0.3) is 0 Å². The molecule has 0 spiro atoms. The molecule has 0 bridgehead atoms. The van der Waals surface area contributed by atoms with E-state index in [1.165, 1.54) is 5.06 Å². The standard InChI is InChI=1S/C6H10N2O2/c1-2-3-10-8-4-5(8)6(7)9/h2,5H,1,3-4H2,(H2,7,9). The summed E-state index contributed by atoms with van der Waals surface area (Å²) in [6.45, 7) is 4.51. The van der Waals surface area contributed by atoms with Gasteiger partial charge in [0.15, 0.2) is 0 Å². The van der Waals surface area contributed by atoms with Crippen LogP contribution in [0.15, 0.2) is 12.7 Å². The number of nitrogens with zero attached hydrogens (tertiary/aromatic N) is 1. The minimum Gasteiger partial charge on any atom is -0.368 e. The van der Waals surface area contributed by atoms with Crippen molar-refractivity contribution >= 4 is 5.91 Å². The van der Waals surface area contributed by atoms with Gasteiger partial charge < -0.3 is 5.73 Å². The molecule has 1 rings (SSSR count). The molecule has 2 atom stereocenters. The molecule has 1 amide bonds. The Morgan fingerprint density at radius 1 is 2.00 bits per heavy atom. The molecule has 0 aromatic carbocycles. The minimum atomic E-state index is -0.330. The van der Waals surface area contributed by atoms with Crippen molar-refractivity contribution in [3.63, 3.8) is 0 Å². The number of hydrogen-bond acceptors (Lipinski definition) is 3. The third kappa shape index (κ3) is 1.55. The highest BCUT2D eigenvalue weighted by molar-refractivity contribution is 5.82. The van der Waals surface area contributed by atoms with Gasteiger partial charge in [-0.25, -0.2) is 0 Å². The molecule has 0 aliphatic carbocycles. The fourth-order valence-electron chi connectivity index (χ4n) is 0.646. The summed E-state index contributed by atoms with van der Waals surface area (Å²) in [5.41, 5.74) is 4.97. The number of primary amides is 1. The number of amides is 1. The van der Waals surface area contributed by atoms with E-state index in [-0.39, 0.29) is 11.9 Å². The van der Waals surface area contributed by atoms with Crippen LogP contribution in [0.25, 0.3) is 0 Å². The van der Waals surface area contributed by atoms with Crippen molar-refractivity contribution in [2.45, 2.75) is 6.04 Å². The lowest BCUT2D eigenvalue weighted by Gasteiger charge is -1.98. The molecule has 2 unspecified atom stereocenters. The first-order valence-corrected chi connectivity index (χ1v) is 3.05. The highest BCUT2D eigenvalue weighted by atomic mass is 16.7. The van der Waals surface area contributed by atoms with Crippen LogP contribution in [0.4, 0.5) is 0 Å². The van der Waals surface area contributed by atoms with Crippen molar-refractivity contribution in [3.8, 4) is 0 Å². The molecule has 1 aliphatic heterocycles. The predicted molar refractivity (Wildman–Crippen MR) is 35.8 cm³/mol. The van der Waals surface area contributed by atoms with Crippen molar-refractivity contribution in [1.29, 1.82) is 0 Å². The zero-order valence-corrected chi connectivity index (χ0v) is 5.62. The zero-order valence-electron chi connectivity index (χ0n) is 5.62. The Kier molecular flexibility index (Phi) is 2.03. The maximum atomic E-state index is 10.4. The molecular weight excluding hydrogens is 132 g/mol. The van der Waals surface area contributed by atoms with Gasteiger partial charge in [-0.1, -0.05) is 6.08 Å². The van der Waals surface area contributed by atoms with E-state index in [1.807, 2.05) is 0 Å². The van der Waals surface area contributed by atoms with Crippen LogP contribution in [0.3, 0.4) is 0 Å². The van der Waals surface area contributed by atoms with Gasteiger partial charge in [-0.3, -0.25) is 9.63 Å². The fourth-order valence-corrected chi connectivity index (χ4v) is 0.646. The predicted octanol–water partition coefficient (Wildman–Crippen LogP) is -0.727. The van der Waals surface area contributed by atoms with Crippen LogP contribution in [0.2, 0.25) is 0 Å². The average Bonchev–Trinajstić information content (AvgIpc) is 2.62. The first-order valence-electron chi connectivity index (χ1n) is 3.05. The van der Waals surface area contributed by atoms with E-state index in [0.29, 0.717) is 13.2 Å². The molecule has 10 heavy (non-hydrogen) atoms. The van der Waals surface area contributed by atoms with Crippen molar-refractivity contribution in [1.82, 2.24) is 5.06 Å². The van der Waals surface area contributed by atoms with Crippen LogP contribution >= 0.6 is 0 Å². The summed E-state index contributed by atoms with van der Waals surface area (Å²) in [5, 5.41) is 1.53. The first kappa shape index (κ1) is 7.24. The smallest absolute Gasteiger partial charge is 0.238 e. The Labute approximate surface area is 59.2 Å². The van der Waals surface area contributed by atoms with E-state index in [2.05, 4.69) is 6.58 Å².